The number of aliphatic hydroxyl groups is 1. The number of carbonyl (C=O) groups excluding carboxylic acids is 1. The fourth-order valence-corrected chi connectivity index (χ4v) is 4.16. The lowest BCUT2D eigenvalue weighted by Crippen LogP contribution is -2.64. The molecule has 0 radical (unpaired) electrons. The molecule has 3 aliphatic rings. The largest absolute Gasteiger partial charge is 0.477 e. The lowest BCUT2D eigenvalue weighted by Gasteiger charge is -2.47. The molecule has 5 nitrogen and oxygen atoms in total. The zero-order chi connectivity index (χ0) is 13.9. The number of aliphatic hydroxyl groups excluding tert-OH is 1. The molecule has 3 rings (SSSR count). The quantitative estimate of drug-likeness (QED) is 0.730. The lowest BCUT2D eigenvalue weighted by molar-refractivity contribution is -0.163. The van der Waals surface area contributed by atoms with Gasteiger partial charge in [0.05, 0.1) is 18.1 Å². The van der Waals surface area contributed by atoms with Crippen LogP contribution in [-0.4, -0.2) is 39.1 Å². The van der Waals surface area contributed by atoms with Crippen molar-refractivity contribution in [3.63, 3.8) is 0 Å². The molecule has 5 atom stereocenters. The predicted octanol–water partition coefficient (Wildman–Crippen LogP) is 0.983. The average molecular weight is 265 g/mol. The van der Waals surface area contributed by atoms with Crippen LogP contribution in [-0.2, 0) is 9.59 Å². The van der Waals surface area contributed by atoms with Crippen molar-refractivity contribution in [2.24, 2.45) is 17.8 Å². The summed E-state index contributed by atoms with van der Waals surface area (Å²) in [6, 6.07) is -0.128. The van der Waals surface area contributed by atoms with Crippen LogP contribution in [0.4, 0.5) is 0 Å². The zero-order valence-corrected chi connectivity index (χ0v) is 11.2. The summed E-state index contributed by atoms with van der Waals surface area (Å²) in [5.41, 5.74) is 1.13. The van der Waals surface area contributed by atoms with Crippen LogP contribution in [0.3, 0.4) is 0 Å². The third kappa shape index (κ3) is 1.51. The second-order valence-corrected chi connectivity index (χ2v) is 6.01. The normalized spacial score (nSPS) is 38.7. The molecule has 0 aromatic heterocycles. The fraction of sp³-hybridized carbons (Fsp3) is 0.714. The van der Waals surface area contributed by atoms with Crippen molar-refractivity contribution >= 4 is 11.9 Å². The number of aliphatic carboxylic acids is 1. The highest BCUT2D eigenvalue weighted by Crippen LogP contribution is 2.53. The fourth-order valence-electron chi connectivity index (χ4n) is 4.16. The first-order chi connectivity index (χ1) is 8.95. The van der Waals surface area contributed by atoms with Gasteiger partial charge in [0, 0.05) is 5.92 Å². The highest BCUT2D eigenvalue weighted by Gasteiger charge is 2.61. The van der Waals surface area contributed by atoms with Gasteiger partial charge < -0.3 is 15.1 Å². The van der Waals surface area contributed by atoms with Crippen molar-refractivity contribution in [3.05, 3.63) is 11.3 Å². The summed E-state index contributed by atoms with van der Waals surface area (Å²) in [5, 5.41) is 19.2. The first-order valence-corrected chi connectivity index (χ1v) is 6.93. The van der Waals surface area contributed by atoms with Gasteiger partial charge in [-0.2, -0.15) is 0 Å². The standard InChI is InChI=1S/C14H19NO4/c1-6-4-3-5-8-9(6)12(14(18)19)15-11(8)10(7(2)16)13(15)17/h6-8,10-11,16H,3-5H2,1-2H3,(H,18,19). The predicted molar refractivity (Wildman–Crippen MR) is 67.0 cm³/mol. The van der Waals surface area contributed by atoms with Gasteiger partial charge in [-0.15, -0.1) is 0 Å². The molecule has 1 saturated heterocycles. The Morgan fingerprint density at radius 1 is 1.42 bits per heavy atom. The Bertz CT molecular complexity index is 482. The number of hydrogen-bond acceptors (Lipinski definition) is 3. The number of β-lactam (4-membered cyclic amide) rings is 1. The molecule has 104 valence electrons. The van der Waals surface area contributed by atoms with E-state index in [2.05, 4.69) is 0 Å². The van der Waals surface area contributed by atoms with E-state index in [0.29, 0.717) is 0 Å². The topological polar surface area (TPSA) is 77.8 Å². The molecule has 0 aromatic rings. The molecule has 2 heterocycles. The second-order valence-electron chi connectivity index (χ2n) is 6.01. The van der Waals surface area contributed by atoms with Gasteiger partial charge in [0.25, 0.3) is 0 Å². The summed E-state index contributed by atoms with van der Waals surface area (Å²) in [5.74, 6) is -1.31. The van der Waals surface area contributed by atoms with Crippen molar-refractivity contribution in [2.45, 2.75) is 45.3 Å². The molecule has 2 fully saturated rings. The number of carboxylic acid groups (broad SMARTS) is 1. The van der Waals surface area contributed by atoms with E-state index >= 15 is 0 Å². The lowest BCUT2D eigenvalue weighted by atomic mass is 9.70. The second kappa shape index (κ2) is 4.07. The van der Waals surface area contributed by atoms with E-state index in [1.807, 2.05) is 6.92 Å². The van der Waals surface area contributed by atoms with Crippen LogP contribution in [0.15, 0.2) is 11.3 Å². The summed E-state index contributed by atoms with van der Waals surface area (Å²) < 4.78 is 0. The maximum atomic E-state index is 12.1. The van der Waals surface area contributed by atoms with Gasteiger partial charge in [-0.3, -0.25) is 4.79 Å². The molecular formula is C14H19NO4. The number of fused-ring (bicyclic) bond motifs is 3. The maximum absolute atomic E-state index is 12.1. The number of carbonyl (C=O) groups is 2. The van der Waals surface area contributed by atoms with Crippen LogP contribution in [0.2, 0.25) is 0 Å². The summed E-state index contributed by atoms with van der Waals surface area (Å²) in [4.78, 5) is 25.0. The van der Waals surface area contributed by atoms with Gasteiger partial charge >= 0.3 is 5.97 Å². The van der Waals surface area contributed by atoms with Crippen LogP contribution < -0.4 is 0 Å². The highest BCUT2D eigenvalue weighted by atomic mass is 16.4. The molecule has 1 aliphatic carbocycles. The Kier molecular flexibility index (Phi) is 2.71. The van der Waals surface area contributed by atoms with Crippen molar-refractivity contribution in [1.29, 1.82) is 0 Å². The number of carboxylic acids is 1. The van der Waals surface area contributed by atoms with Crippen LogP contribution in [0.5, 0.6) is 0 Å². The van der Waals surface area contributed by atoms with Gasteiger partial charge in [-0.05, 0) is 31.3 Å². The molecule has 1 saturated carbocycles. The molecule has 19 heavy (non-hydrogen) atoms. The number of amides is 1. The number of rotatable bonds is 2. The maximum Gasteiger partial charge on any atom is 0.352 e. The minimum atomic E-state index is -1.01. The Morgan fingerprint density at radius 2 is 2.11 bits per heavy atom. The van der Waals surface area contributed by atoms with E-state index in [1.54, 1.807) is 6.92 Å². The Morgan fingerprint density at radius 3 is 2.68 bits per heavy atom. The molecule has 2 aliphatic heterocycles. The minimum Gasteiger partial charge on any atom is -0.477 e. The van der Waals surface area contributed by atoms with Crippen molar-refractivity contribution in [1.82, 2.24) is 4.90 Å². The molecule has 0 aromatic carbocycles. The Hall–Kier alpha value is -1.36. The van der Waals surface area contributed by atoms with Gasteiger partial charge in [0.15, 0.2) is 0 Å². The van der Waals surface area contributed by atoms with E-state index in [4.69, 9.17) is 0 Å². The molecular weight excluding hydrogens is 246 g/mol. The van der Waals surface area contributed by atoms with Crippen LogP contribution in [0, 0.1) is 17.8 Å². The average Bonchev–Trinajstić information content (AvgIpc) is 2.61. The monoisotopic (exact) mass is 265 g/mol. The molecule has 2 N–H and O–H groups in total. The van der Waals surface area contributed by atoms with Gasteiger partial charge in [-0.25, -0.2) is 4.79 Å². The summed E-state index contributed by atoms with van der Waals surface area (Å²) in [7, 11) is 0. The van der Waals surface area contributed by atoms with E-state index in [0.717, 1.165) is 24.8 Å². The molecule has 0 bridgehead atoms. The summed E-state index contributed by atoms with van der Waals surface area (Å²) >= 11 is 0. The smallest absolute Gasteiger partial charge is 0.352 e. The summed E-state index contributed by atoms with van der Waals surface area (Å²) in [6.45, 7) is 3.66. The SMILES string of the molecule is CC1CCCC2C1=C(C(=O)O)N1C(=O)C(C(C)O)C21. The molecule has 1 amide bonds. The number of nitrogens with zero attached hydrogens (tertiary/aromatic N) is 1. The third-order valence-electron chi connectivity index (χ3n) is 4.92. The summed E-state index contributed by atoms with van der Waals surface area (Å²) in [6.07, 6.45) is 2.26. The van der Waals surface area contributed by atoms with Crippen LogP contribution in [0.1, 0.15) is 33.1 Å². The van der Waals surface area contributed by atoms with Gasteiger partial charge in [-0.1, -0.05) is 13.3 Å². The van der Waals surface area contributed by atoms with Crippen LogP contribution in [0.25, 0.3) is 0 Å². The molecule has 5 heteroatoms. The van der Waals surface area contributed by atoms with Crippen molar-refractivity contribution in [3.8, 4) is 0 Å². The third-order valence-corrected chi connectivity index (χ3v) is 4.92. The van der Waals surface area contributed by atoms with Gasteiger partial charge in [0.2, 0.25) is 5.91 Å². The van der Waals surface area contributed by atoms with Gasteiger partial charge in [0.1, 0.15) is 5.70 Å². The zero-order valence-electron chi connectivity index (χ0n) is 11.2. The molecule has 5 unspecified atom stereocenters. The minimum absolute atomic E-state index is 0.128. The first kappa shape index (κ1) is 12.7. The first-order valence-electron chi connectivity index (χ1n) is 6.93. The van der Waals surface area contributed by atoms with E-state index in [-0.39, 0.29) is 29.5 Å². The Balaban J connectivity index is 2.04. The van der Waals surface area contributed by atoms with Crippen molar-refractivity contribution in [2.75, 3.05) is 0 Å². The number of hydrogen-bond donors (Lipinski definition) is 2. The highest BCUT2D eigenvalue weighted by molar-refractivity contribution is 6.00. The van der Waals surface area contributed by atoms with E-state index in [9.17, 15) is 19.8 Å². The van der Waals surface area contributed by atoms with Crippen molar-refractivity contribution < 1.29 is 19.8 Å². The Labute approximate surface area is 111 Å². The van der Waals surface area contributed by atoms with E-state index < -0.39 is 18.0 Å². The molecule has 0 spiro atoms. The van der Waals surface area contributed by atoms with Crippen LogP contribution >= 0.6 is 0 Å². The van der Waals surface area contributed by atoms with E-state index in [1.165, 1.54) is 4.90 Å².